The van der Waals surface area contributed by atoms with Crippen molar-refractivity contribution in [3.63, 3.8) is 0 Å². The van der Waals surface area contributed by atoms with E-state index >= 15 is 0 Å². The summed E-state index contributed by atoms with van der Waals surface area (Å²) in [5.41, 5.74) is -0.161. The van der Waals surface area contributed by atoms with Crippen LogP contribution in [-0.2, 0) is 22.1 Å². The van der Waals surface area contributed by atoms with Gasteiger partial charge in [-0.1, -0.05) is 0 Å². The Balaban J connectivity index is 1.68. The highest BCUT2D eigenvalue weighted by Crippen LogP contribution is 2.49. The van der Waals surface area contributed by atoms with Gasteiger partial charge in [-0.25, -0.2) is 4.98 Å². The molecule has 1 aromatic rings. The molecule has 1 fully saturated rings. The van der Waals surface area contributed by atoms with Gasteiger partial charge >= 0.3 is 5.97 Å². The van der Waals surface area contributed by atoms with Gasteiger partial charge in [-0.3, -0.25) is 9.00 Å². The van der Waals surface area contributed by atoms with E-state index in [1.54, 1.807) is 12.5 Å². The van der Waals surface area contributed by atoms with Gasteiger partial charge in [0.2, 0.25) is 0 Å². The van der Waals surface area contributed by atoms with E-state index in [9.17, 15) is 9.00 Å². The number of rotatable bonds is 8. The number of imidazole rings is 1. The Labute approximate surface area is 109 Å². The topological polar surface area (TPSA) is 72.2 Å². The molecule has 18 heavy (non-hydrogen) atoms. The zero-order valence-corrected chi connectivity index (χ0v) is 11.1. The summed E-state index contributed by atoms with van der Waals surface area (Å²) in [5.74, 6) is 0.408. The van der Waals surface area contributed by atoms with Crippen LogP contribution in [0.2, 0.25) is 0 Å². The Morgan fingerprint density at radius 1 is 1.50 bits per heavy atom. The summed E-state index contributed by atoms with van der Waals surface area (Å²) in [4.78, 5) is 14.6. The van der Waals surface area contributed by atoms with Crippen molar-refractivity contribution in [2.24, 2.45) is 5.41 Å². The van der Waals surface area contributed by atoms with Gasteiger partial charge in [0.1, 0.15) is 0 Å². The molecule has 1 aliphatic rings. The van der Waals surface area contributed by atoms with Crippen molar-refractivity contribution in [2.75, 3.05) is 11.5 Å². The largest absolute Gasteiger partial charge is 0.481 e. The van der Waals surface area contributed by atoms with Gasteiger partial charge in [-0.2, -0.15) is 0 Å². The number of aryl methyl sites for hydroxylation is 1. The van der Waals surface area contributed by atoms with Crippen LogP contribution in [-0.4, -0.2) is 36.3 Å². The lowest BCUT2D eigenvalue weighted by molar-refractivity contribution is -0.138. The molecule has 100 valence electrons. The van der Waals surface area contributed by atoms with E-state index in [4.69, 9.17) is 5.11 Å². The van der Waals surface area contributed by atoms with Crippen LogP contribution in [0, 0.1) is 5.41 Å². The second kappa shape index (κ2) is 5.65. The molecule has 0 aliphatic heterocycles. The molecule has 0 bridgehead atoms. The van der Waals surface area contributed by atoms with Crippen molar-refractivity contribution < 1.29 is 14.1 Å². The average molecular weight is 270 g/mol. The lowest BCUT2D eigenvalue weighted by Gasteiger charge is -2.11. The van der Waals surface area contributed by atoms with Gasteiger partial charge < -0.3 is 9.67 Å². The molecule has 0 spiro atoms. The zero-order chi connectivity index (χ0) is 13.0. The molecule has 1 unspecified atom stereocenters. The van der Waals surface area contributed by atoms with E-state index in [1.807, 2.05) is 10.8 Å². The van der Waals surface area contributed by atoms with E-state index < -0.39 is 16.8 Å². The van der Waals surface area contributed by atoms with Crippen molar-refractivity contribution in [1.29, 1.82) is 0 Å². The van der Waals surface area contributed by atoms with E-state index in [1.165, 1.54) is 0 Å². The Bertz CT molecular complexity index is 427. The fourth-order valence-electron chi connectivity index (χ4n) is 2.11. The molecule has 6 heteroatoms. The Hall–Kier alpha value is -1.17. The molecule has 1 aromatic heterocycles. The first-order valence-electron chi connectivity index (χ1n) is 6.12. The minimum absolute atomic E-state index is 0.161. The quantitative estimate of drug-likeness (QED) is 0.772. The van der Waals surface area contributed by atoms with Crippen LogP contribution in [0.1, 0.15) is 25.7 Å². The average Bonchev–Trinajstić information content (AvgIpc) is 2.83. The van der Waals surface area contributed by atoms with E-state index in [0.29, 0.717) is 11.5 Å². The minimum Gasteiger partial charge on any atom is -0.481 e. The maximum absolute atomic E-state index is 11.9. The van der Waals surface area contributed by atoms with Crippen LogP contribution in [0.25, 0.3) is 0 Å². The molecule has 1 heterocycles. The van der Waals surface area contributed by atoms with Gasteiger partial charge in [0.15, 0.2) is 0 Å². The number of nitrogens with zero attached hydrogens (tertiary/aromatic N) is 2. The molecule has 1 N–H and O–H groups in total. The van der Waals surface area contributed by atoms with Crippen LogP contribution in [0.3, 0.4) is 0 Å². The summed E-state index contributed by atoms with van der Waals surface area (Å²) < 4.78 is 13.9. The van der Waals surface area contributed by atoms with Crippen LogP contribution < -0.4 is 0 Å². The standard InChI is InChI=1S/C12H18N2O3S/c15-11(16)8-12(2-3-12)9-18(17)7-1-5-14-6-4-13-10-14/h4,6,10H,1-3,5,7-9H2,(H,15,16). The summed E-state index contributed by atoms with van der Waals surface area (Å²) in [6.45, 7) is 0.817. The summed E-state index contributed by atoms with van der Waals surface area (Å²) in [5, 5.41) is 8.79. The number of carboxylic acids is 1. The first-order valence-corrected chi connectivity index (χ1v) is 7.61. The number of aliphatic carboxylic acids is 1. The number of hydrogen-bond acceptors (Lipinski definition) is 3. The molecule has 1 saturated carbocycles. The van der Waals surface area contributed by atoms with Crippen molar-refractivity contribution in [3.05, 3.63) is 18.7 Å². The van der Waals surface area contributed by atoms with Crippen molar-refractivity contribution in [1.82, 2.24) is 9.55 Å². The normalized spacial score (nSPS) is 18.4. The summed E-state index contributed by atoms with van der Waals surface area (Å²) >= 11 is 0. The monoisotopic (exact) mass is 270 g/mol. The first-order chi connectivity index (χ1) is 8.60. The number of hydrogen-bond donors (Lipinski definition) is 1. The predicted molar refractivity (Wildman–Crippen MR) is 68.6 cm³/mol. The molecule has 0 saturated heterocycles. The molecule has 0 amide bonds. The lowest BCUT2D eigenvalue weighted by atomic mass is 10.1. The maximum atomic E-state index is 11.9. The molecule has 1 atom stereocenters. The molecular weight excluding hydrogens is 252 g/mol. The highest BCUT2D eigenvalue weighted by atomic mass is 32.2. The van der Waals surface area contributed by atoms with Gasteiger partial charge in [0.05, 0.1) is 12.7 Å². The zero-order valence-electron chi connectivity index (χ0n) is 10.2. The third-order valence-corrected chi connectivity index (χ3v) is 4.98. The maximum Gasteiger partial charge on any atom is 0.303 e. The van der Waals surface area contributed by atoms with Gasteiger partial charge in [0.25, 0.3) is 0 Å². The smallest absolute Gasteiger partial charge is 0.303 e. The molecule has 0 radical (unpaired) electrons. The number of carbonyl (C=O) groups is 1. The second-order valence-electron chi connectivity index (χ2n) is 5.01. The van der Waals surface area contributed by atoms with Crippen LogP contribution >= 0.6 is 0 Å². The SMILES string of the molecule is O=C(O)CC1(CS(=O)CCCn2ccnc2)CC1. The van der Waals surface area contributed by atoms with Gasteiger partial charge in [0, 0.05) is 41.2 Å². The van der Waals surface area contributed by atoms with Crippen molar-refractivity contribution >= 4 is 16.8 Å². The van der Waals surface area contributed by atoms with Gasteiger partial charge in [-0.05, 0) is 24.7 Å². The summed E-state index contributed by atoms with van der Waals surface area (Å²) in [6, 6.07) is 0. The third-order valence-electron chi connectivity index (χ3n) is 3.30. The van der Waals surface area contributed by atoms with E-state index in [-0.39, 0.29) is 11.8 Å². The lowest BCUT2D eigenvalue weighted by Crippen LogP contribution is -2.18. The highest BCUT2D eigenvalue weighted by Gasteiger charge is 2.45. The first kappa shape index (κ1) is 13.3. The Kier molecular flexibility index (Phi) is 4.16. The van der Waals surface area contributed by atoms with Crippen LogP contribution in [0.15, 0.2) is 18.7 Å². The second-order valence-corrected chi connectivity index (χ2v) is 6.59. The molecule has 5 nitrogen and oxygen atoms in total. The van der Waals surface area contributed by atoms with Gasteiger partial charge in [-0.15, -0.1) is 0 Å². The van der Waals surface area contributed by atoms with E-state index in [2.05, 4.69) is 4.98 Å². The Morgan fingerprint density at radius 2 is 2.28 bits per heavy atom. The fourth-order valence-corrected chi connectivity index (χ4v) is 3.78. The molecule has 0 aromatic carbocycles. The summed E-state index contributed by atoms with van der Waals surface area (Å²) in [7, 11) is -0.902. The Morgan fingerprint density at radius 3 is 2.83 bits per heavy atom. The molecule has 1 aliphatic carbocycles. The van der Waals surface area contributed by atoms with Crippen molar-refractivity contribution in [3.8, 4) is 0 Å². The highest BCUT2D eigenvalue weighted by molar-refractivity contribution is 7.85. The third kappa shape index (κ3) is 3.94. The van der Waals surface area contributed by atoms with Crippen molar-refractivity contribution in [2.45, 2.75) is 32.2 Å². The van der Waals surface area contributed by atoms with Crippen LogP contribution in [0.4, 0.5) is 0 Å². The fraction of sp³-hybridized carbons (Fsp3) is 0.667. The minimum atomic E-state index is -0.902. The summed E-state index contributed by atoms with van der Waals surface area (Å²) in [6.07, 6.45) is 8.18. The molecular formula is C12H18N2O3S. The molecule has 2 rings (SSSR count). The van der Waals surface area contributed by atoms with Crippen LogP contribution in [0.5, 0.6) is 0 Å². The predicted octanol–water partition coefficient (Wildman–Crippen LogP) is 1.28. The number of aromatic nitrogens is 2. The van der Waals surface area contributed by atoms with E-state index in [0.717, 1.165) is 25.8 Å². The number of carboxylic acid groups (broad SMARTS) is 1.